The number of anilines is 1. The van der Waals surface area contributed by atoms with Crippen molar-refractivity contribution < 1.29 is 4.42 Å². The van der Waals surface area contributed by atoms with Gasteiger partial charge in [-0.25, -0.2) is 9.97 Å². The molecule has 0 aliphatic carbocycles. The van der Waals surface area contributed by atoms with Crippen molar-refractivity contribution in [2.24, 2.45) is 5.92 Å². The Morgan fingerprint density at radius 3 is 2.45 bits per heavy atom. The zero-order valence-corrected chi connectivity index (χ0v) is 17.5. The summed E-state index contributed by atoms with van der Waals surface area (Å²) >= 11 is 0. The van der Waals surface area contributed by atoms with Gasteiger partial charge in [0.25, 0.3) is 0 Å². The maximum atomic E-state index is 6.19. The first kappa shape index (κ1) is 19.7. The number of para-hydroxylation sites is 1. The molecule has 3 heterocycles. The van der Waals surface area contributed by atoms with Crippen LogP contribution in [-0.2, 0) is 12.8 Å². The van der Waals surface area contributed by atoms with Gasteiger partial charge in [0.1, 0.15) is 16.9 Å². The Balaban J connectivity index is 0.00000205. The summed E-state index contributed by atoms with van der Waals surface area (Å²) in [5.74, 6) is 2.59. The normalized spacial score (nSPS) is 15.0. The summed E-state index contributed by atoms with van der Waals surface area (Å²) in [5.41, 5.74) is 4.11. The molecule has 5 rings (SSSR count). The lowest BCUT2D eigenvalue weighted by molar-refractivity contribution is 0.402. The van der Waals surface area contributed by atoms with Gasteiger partial charge in [0.2, 0.25) is 0 Å². The summed E-state index contributed by atoms with van der Waals surface area (Å²) in [4.78, 5) is 12.0. The van der Waals surface area contributed by atoms with E-state index >= 15 is 0 Å². The molecule has 0 bridgehead atoms. The zero-order valence-electron chi connectivity index (χ0n) is 16.7. The van der Waals surface area contributed by atoms with Gasteiger partial charge in [0.05, 0.1) is 0 Å². The number of rotatable bonds is 4. The molecule has 0 amide bonds. The Bertz CT molecular complexity index is 1100. The number of aryl methyl sites for hydroxylation is 1. The van der Waals surface area contributed by atoms with Gasteiger partial charge in [0, 0.05) is 24.9 Å². The molecule has 0 unspecified atom stereocenters. The van der Waals surface area contributed by atoms with Crippen LogP contribution in [0.3, 0.4) is 0 Å². The second-order valence-electron chi connectivity index (χ2n) is 7.71. The molecule has 2 aromatic carbocycles. The molecule has 1 fully saturated rings. The summed E-state index contributed by atoms with van der Waals surface area (Å²) in [5, 5.41) is 1.08. The smallest absolute Gasteiger partial charge is 0.196 e. The van der Waals surface area contributed by atoms with E-state index in [4.69, 9.17) is 14.4 Å². The van der Waals surface area contributed by atoms with E-state index in [0.29, 0.717) is 0 Å². The molecule has 1 saturated heterocycles. The fourth-order valence-corrected chi connectivity index (χ4v) is 4.29. The van der Waals surface area contributed by atoms with Crippen LogP contribution in [0.4, 0.5) is 5.82 Å². The molecular weight excluding hydrogens is 382 g/mol. The summed E-state index contributed by atoms with van der Waals surface area (Å²) < 4.78 is 6.19. The van der Waals surface area contributed by atoms with Gasteiger partial charge in [-0.2, -0.15) is 0 Å². The summed E-state index contributed by atoms with van der Waals surface area (Å²) in [7, 11) is 0. The highest BCUT2D eigenvalue weighted by Crippen LogP contribution is 2.35. The standard InChI is InChI=1S/C24H25N3O.ClH/c1-2-21-25-22-19-10-6-7-11-20(19)28-23(22)24(26-21)27-14-12-18(13-15-27)16-17-8-4-3-5-9-17;/h3-11,18H,2,12-16H2,1H3;1H. The molecule has 0 saturated carbocycles. The number of hydrogen-bond donors (Lipinski definition) is 0. The lowest BCUT2D eigenvalue weighted by Crippen LogP contribution is -2.35. The van der Waals surface area contributed by atoms with Gasteiger partial charge in [-0.3, -0.25) is 0 Å². The third kappa shape index (κ3) is 3.82. The minimum Gasteiger partial charge on any atom is -0.450 e. The number of aromatic nitrogens is 2. The second-order valence-corrected chi connectivity index (χ2v) is 7.71. The third-order valence-corrected chi connectivity index (χ3v) is 5.85. The van der Waals surface area contributed by atoms with Crippen molar-refractivity contribution in [3.63, 3.8) is 0 Å². The Morgan fingerprint density at radius 2 is 1.69 bits per heavy atom. The summed E-state index contributed by atoms with van der Waals surface area (Å²) in [6.07, 6.45) is 4.36. The molecule has 5 heteroatoms. The molecule has 0 N–H and O–H groups in total. The van der Waals surface area contributed by atoms with E-state index in [1.165, 1.54) is 24.8 Å². The first-order chi connectivity index (χ1) is 13.8. The first-order valence-corrected chi connectivity index (χ1v) is 10.3. The van der Waals surface area contributed by atoms with Crippen LogP contribution in [-0.4, -0.2) is 23.1 Å². The quantitative estimate of drug-likeness (QED) is 0.427. The molecule has 0 radical (unpaired) electrons. The monoisotopic (exact) mass is 407 g/mol. The lowest BCUT2D eigenvalue weighted by Gasteiger charge is -2.33. The second kappa shape index (κ2) is 8.42. The number of halogens is 1. The highest BCUT2D eigenvalue weighted by molar-refractivity contribution is 6.05. The van der Waals surface area contributed by atoms with Crippen LogP contribution >= 0.6 is 12.4 Å². The molecule has 1 aliphatic rings. The van der Waals surface area contributed by atoms with E-state index in [1.54, 1.807) is 0 Å². The highest BCUT2D eigenvalue weighted by atomic mass is 35.5. The van der Waals surface area contributed by atoms with Gasteiger partial charge < -0.3 is 9.32 Å². The van der Waals surface area contributed by atoms with Crippen LogP contribution in [0.5, 0.6) is 0 Å². The van der Waals surface area contributed by atoms with Gasteiger partial charge in [-0.15, -0.1) is 12.4 Å². The van der Waals surface area contributed by atoms with Gasteiger partial charge in [-0.1, -0.05) is 49.4 Å². The zero-order chi connectivity index (χ0) is 18.9. The van der Waals surface area contributed by atoms with Crippen molar-refractivity contribution in [2.45, 2.75) is 32.6 Å². The Labute approximate surface area is 177 Å². The van der Waals surface area contributed by atoms with Crippen LogP contribution in [0, 0.1) is 5.92 Å². The number of furan rings is 1. The van der Waals surface area contributed by atoms with Crippen molar-refractivity contribution in [3.8, 4) is 0 Å². The third-order valence-electron chi connectivity index (χ3n) is 5.85. The summed E-state index contributed by atoms with van der Waals surface area (Å²) in [6, 6.07) is 19.0. The van der Waals surface area contributed by atoms with E-state index in [9.17, 15) is 0 Å². The largest absolute Gasteiger partial charge is 0.450 e. The van der Waals surface area contributed by atoms with E-state index < -0.39 is 0 Å². The van der Waals surface area contributed by atoms with Crippen molar-refractivity contribution >= 4 is 40.3 Å². The number of fused-ring (bicyclic) bond motifs is 3. The molecule has 0 atom stereocenters. The Kier molecular flexibility index (Phi) is 5.72. The van der Waals surface area contributed by atoms with E-state index in [0.717, 1.165) is 59.1 Å². The predicted molar refractivity (Wildman–Crippen MR) is 121 cm³/mol. The number of hydrogen-bond acceptors (Lipinski definition) is 4. The lowest BCUT2D eigenvalue weighted by atomic mass is 9.90. The number of nitrogens with zero attached hydrogens (tertiary/aromatic N) is 3. The van der Waals surface area contributed by atoms with E-state index in [2.05, 4.69) is 48.2 Å². The Hall–Kier alpha value is -2.59. The van der Waals surface area contributed by atoms with E-state index in [-0.39, 0.29) is 12.4 Å². The van der Waals surface area contributed by atoms with Crippen molar-refractivity contribution in [2.75, 3.05) is 18.0 Å². The highest BCUT2D eigenvalue weighted by Gasteiger charge is 2.25. The maximum absolute atomic E-state index is 6.19. The molecule has 4 aromatic rings. The molecule has 4 nitrogen and oxygen atoms in total. The Morgan fingerprint density at radius 1 is 0.966 bits per heavy atom. The fourth-order valence-electron chi connectivity index (χ4n) is 4.29. The van der Waals surface area contributed by atoms with Crippen molar-refractivity contribution in [1.29, 1.82) is 0 Å². The number of benzene rings is 2. The van der Waals surface area contributed by atoms with E-state index in [1.807, 2.05) is 18.2 Å². The molecule has 29 heavy (non-hydrogen) atoms. The van der Waals surface area contributed by atoms with Crippen LogP contribution in [0.25, 0.3) is 22.1 Å². The number of piperidine rings is 1. The SMILES string of the molecule is CCc1nc(N2CCC(Cc3ccccc3)CC2)c2oc3ccccc3c2n1.Cl. The first-order valence-electron chi connectivity index (χ1n) is 10.3. The van der Waals surface area contributed by atoms with Crippen molar-refractivity contribution in [1.82, 2.24) is 9.97 Å². The topological polar surface area (TPSA) is 42.2 Å². The maximum Gasteiger partial charge on any atom is 0.196 e. The van der Waals surface area contributed by atoms with Crippen LogP contribution in [0.15, 0.2) is 59.0 Å². The van der Waals surface area contributed by atoms with Crippen LogP contribution < -0.4 is 4.90 Å². The van der Waals surface area contributed by atoms with Crippen molar-refractivity contribution in [3.05, 3.63) is 66.0 Å². The molecular formula is C24H26ClN3O. The fraction of sp³-hybridized carbons (Fsp3) is 0.333. The van der Waals surface area contributed by atoms with Gasteiger partial charge in [-0.05, 0) is 42.9 Å². The minimum atomic E-state index is 0. The van der Waals surface area contributed by atoms with Gasteiger partial charge >= 0.3 is 0 Å². The minimum absolute atomic E-state index is 0. The predicted octanol–water partition coefficient (Wildman–Crippen LogP) is 5.82. The van der Waals surface area contributed by atoms with Gasteiger partial charge in [0.15, 0.2) is 11.4 Å². The van der Waals surface area contributed by atoms with Crippen LogP contribution in [0.2, 0.25) is 0 Å². The molecule has 1 aliphatic heterocycles. The molecule has 0 spiro atoms. The average Bonchev–Trinajstić information content (AvgIpc) is 3.13. The summed E-state index contributed by atoms with van der Waals surface area (Å²) in [6.45, 7) is 4.15. The average molecular weight is 408 g/mol. The molecule has 150 valence electrons. The molecule has 2 aromatic heterocycles. The van der Waals surface area contributed by atoms with Crippen LogP contribution in [0.1, 0.15) is 31.2 Å².